The summed E-state index contributed by atoms with van der Waals surface area (Å²) >= 11 is 4.20. The zero-order valence-corrected chi connectivity index (χ0v) is 8.82. The zero-order chi connectivity index (χ0) is 4.50. The Morgan fingerprint density at radius 1 is 1.57 bits per heavy atom. The fourth-order valence-electron chi connectivity index (χ4n) is 0. The Morgan fingerprint density at radius 2 is 1.57 bits per heavy atom. The fourth-order valence-corrected chi connectivity index (χ4v) is 0. The van der Waals surface area contributed by atoms with E-state index in [9.17, 15) is 0 Å². The number of rotatable bonds is 0. The molecule has 0 amide bonds. The van der Waals surface area contributed by atoms with Crippen molar-refractivity contribution in [2.75, 3.05) is 0 Å². The molecule has 0 radical (unpaired) electrons. The van der Waals surface area contributed by atoms with Crippen LogP contribution in [0.25, 0.3) is 0 Å². The van der Waals surface area contributed by atoms with Crippen LogP contribution in [0.2, 0.25) is 0 Å². The summed E-state index contributed by atoms with van der Waals surface area (Å²) in [6.45, 7) is -4.17. The van der Waals surface area contributed by atoms with Crippen molar-refractivity contribution in [3.05, 3.63) is 0 Å². The summed E-state index contributed by atoms with van der Waals surface area (Å²) in [5, 5.41) is 0. The first-order valence-corrected chi connectivity index (χ1v) is 3.27. The van der Waals surface area contributed by atoms with E-state index in [1.165, 1.54) is 0 Å². The topological polar surface area (TPSA) is 57.5 Å². The number of hydrogen-bond donors (Lipinski definition) is 2. The fraction of sp³-hybridized carbons (Fsp3) is 0. The van der Waals surface area contributed by atoms with Crippen LogP contribution in [0, 0.1) is 0 Å². The average Bonchev–Trinajstić information content (AvgIpc) is 0.722. The summed E-state index contributed by atoms with van der Waals surface area (Å²) in [5.41, 5.74) is 0. The molecule has 0 spiro atoms. The first-order chi connectivity index (χ1) is 2.00. The molecule has 2 N–H and O–H groups in total. The average molecular weight is 185 g/mol. The third-order valence-corrected chi connectivity index (χ3v) is 0. The van der Waals surface area contributed by atoms with Crippen molar-refractivity contribution in [1.82, 2.24) is 0 Å². The second-order valence-corrected chi connectivity index (χ2v) is 2.74. The third kappa shape index (κ3) is 58.2. The van der Waals surface area contributed by atoms with Crippen molar-refractivity contribution in [2.45, 2.75) is 0 Å². The minimum absolute atomic E-state index is 0. The summed E-state index contributed by atoms with van der Waals surface area (Å²) < 4.78 is 9.09. The molecular weight excluding hydrogens is 179 g/mol. The molecule has 0 aliphatic carbocycles. The van der Waals surface area contributed by atoms with Crippen LogP contribution in [0.3, 0.4) is 0 Å². The zero-order valence-electron chi connectivity index (χ0n) is 7.54. The van der Waals surface area contributed by atoms with Gasteiger partial charge in [0.05, 0.1) is 0 Å². The molecule has 0 rings (SSSR count). The van der Waals surface area contributed by atoms with E-state index in [1.54, 1.807) is 0 Å². The molecule has 0 saturated carbocycles. The Hall–Kier alpha value is 2.47. The smallest absolute Gasteiger partial charge is 1.00 e. The van der Waals surface area contributed by atoms with Gasteiger partial charge in [-0.3, -0.25) is 0 Å². The molecule has 0 aromatic rings. The molecule has 0 unspecified atom stereocenters. The molecule has 0 fully saturated rings. The van der Waals surface area contributed by atoms with Crippen LogP contribution in [0.4, 0.5) is 0 Å². The minimum atomic E-state index is -4.17. The van der Waals surface area contributed by atoms with E-state index >= 15 is 0 Å². The van der Waals surface area contributed by atoms with Gasteiger partial charge in [0.25, 0.3) is 0 Å². The molecular formula is H6CaClMgO3P. The second kappa shape index (κ2) is 6.58. The van der Waals surface area contributed by atoms with Crippen LogP contribution in [0.1, 0.15) is 5.71 Å². The van der Waals surface area contributed by atoms with Crippen molar-refractivity contribution in [3.8, 4) is 0 Å². The summed E-state index contributed by atoms with van der Waals surface area (Å²) in [6.07, 6.45) is 0. The molecule has 0 aromatic heterocycles. The van der Waals surface area contributed by atoms with E-state index in [2.05, 4.69) is 11.2 Å². The van der Waals surface area contributed by atoms with Crippen LogP contribution in [0.15, 0.2) is 0 Å². The summed E-state index contributed by atoms with van der Waals surface area (Å²) in [5.74, 6) is 0. The van der Waals surface area contributed by atoms with Crippen molar-refractivity contribution in [2.24, 2.45) is 0 Å². The molecule has 0 heterocycles. The van der Waals surface area contributed by atoms with E-state index in [0.29, 0.717) is 0 Å². The summed E-state index contributed by atoms with van der Waals surface area (Å²) in [7, 11) is 0. The molecule has 0 bridgehead atoms. The molecule has 7 heteroatoms. The van der Waals surface area contributed by atoms with E-state index in [-0.39, 0.29) is 66.5 Å². The maximum Gasteiger partial charge on any atom is 2.00 e. The van der Waals surface area contributed by atoms with E-state index in [1.807, 2.05) is 0 Å². The van der Waals surface area contributed by atoms with E-state index in [0.717, 1.165) is 0 Å². The molecule has 0 atom stereocenters. The van der Waals surface area contributed by atoms with Gasteiger partial charge in [-0.15, -0.1) is 0 Å². The van der Waals surface area contributed by atoms with Crippen LogP contribution >= 0.6 is 18.2 Å². The largest absolute Gasteiger partial charge is 2.00 e. The molecule has 3 nitrogen and oxygen atoms in total. The van der Waals surface area contributed by atoms with Crippen LogP contribution in [0.5, 0.6) is 0 Å². The Bertz CT molecular complexity index is 71.5. The van der Waals surface area contributed by atoms with Gasteiger partial charge < -0.3 is 15.5 Å². The van der Waals surface area contributed by atoms with Gasteiger partial charge in [-0.2, -0.15) is 0 Å². The maximum atomic E-state index is 9.09. The second-order valence-electron chi connectivity index (χ2n) is 0.473. The predicted octanol–water partition coefficient (Wildman–Crippen LogP) is 0.00630. The quantitative estimate of drug-likeness (QED) is 0.412. The molecule has 40 valence electrons. The first kappa shape index (κ1) is 16.2. The van der Waals surface area contributed by atoms with Gasteiger partial charge in [0, 0.05) is 11.2 Å². The van der Waals surface area contributed by atoms with Crippen LogP contribution in [-0.4, -0.2) is 70.6 Å². The Labute approximate surface area is 97.8 Å². The molecule has 7 heavy (non-hydrogen) atoms. The van der Waals surface area contributed by atoms with Crippen molar-refractivity contribution in [3.63, 3.8) is 0 Å². The van der Waals surface area contributed by atoms with Gasteiger partial charge >= 0.3 is 67.7 Å². The van der Waals surface area contributed by atoms with Crippen LogP contribution < -0.4 is 0 Å². The van der Waals surface area contributed by atoms with Gasteiger partial charge in [-0.1, -0.05) is 0 Å². The van der Waals surface area contributed by atoms with E-state index in [4.69, 9.17) is 14.4 Å². The Balaban J connectivity index is -0.00000000533. The van der Waals surface area contributed by atoms with Crippen LogP contribution in [-0.2, 0) is 4.57 Å². The van der Waals surface area contributed by atoms with Gasteiger partial charge in [0.1, 0.15) is 0 Å². The van der Waals surface area contributed by atoms with Crippen molar-refractivity contribution < 1.29 is 20.1 Å². The molecule has 0 aliphatic heterocycles. The SMILES string of the molecule is O=P(O)(O)Cl.[Ca+2].[H-].[H-].[H-].[H-].[Mg+2]. The van der Waals surface area contributed by atoms with Gasteiger partial charge in [-0.25, -0.2) is 4.57 Å². The molecule has 0 aliphatic rings. The number of halogens is 1. The van der Waals surface area contributed by atoms with E-state index < -0.39 is 6.95 Å². The van der Waals surface area contributed by atoms with Gasteiger partial charge in [0.2, 0.25) is 0 Å². The Morgan fingerprint density at radius 3 is 1.57 bits per heavy atom. The minimum Gasteiger partial charge on any atom is -1.00 e. The standard InChI is InChI=1S/Ca.ClH2O3P.Mg.4H/c;1-5(2,3)4;;;;;/h;(H2,2,3,4);;;;;/q+2;;+2;4*-1. The third-order valence-electron chi connectivity index (χ3n) is 0. The normalized spacial score (nSPS) is 8.43. The Kier molecular flexibility index (Phi) is 15.3. The molecule has 0 saturated heterocycles. The number of hydrogen-bond acceptors (Lipinski definition) is 1. The summed E-state index contributed by atoms with van der Waals surface area (Å²) in [4.78, 5) is 14.8. The van der Waals surface area contributed by atoms with Gasteiger partial charge in [0.15, 0.2) is 0 Å². The molecule has 0 aromatic carbocycles. The first-order valence-electron chi connectivity index (χ1n) is 0.752. The van der Waals surface area contributed by atoms with Crippen molar-refractivity contribution in [1.29, 1.82) is 0 Å². The summed E-state index contributed by atoms with van der Waals surface area (Å²) in [6, 6.07) is 0. The predicted molar refractivity (Wildman–Crippen MR) is 33.9 cm³/mol. The monoisotopic (exact) mass is 184 g/mol. The van der Waals surface area contributed by atoms with Gasteiger partial charge in [-0.05, 0) is 0 Å². The van der Waals surface area contributed by atoms with Crippen molar-refractivity contribution >= 4 is 79.0 Å². The maximum absolute atomic E-state index is 9.09.